The third kappa shape index (κ3) is 4.29. The predicted octanol–water partition coefficient (Wildman–Crippen LogP) is 4.64. The average molecular weight is 550 g/mol. The van der Waals surface area contributed by atoms with Crippen molar-refractivity contribution in [1.82, 2.24) is 19.5 Å². The third-order valence-corrected chi connectivity index (χ3v) is 7.86. The molecule has 7 rings (SSSR count). The van der Waals surface area contributed by atoms with Crippen molar-refractivity contribution in [2.75, 3.05) is 11.9 Å². The summed E-state index contributed by atoms with van der Waals surface area (Å²) < 4.78 is 20.3. The second kappa shape index (κ2) is 10.0. The van der Waals surface area contributed by atoms with E-state index in [0.717, 1.165) is 16.7 Å². The van der Waals surface area contributed by atoms with Crippen LogP contribution in [-0.4, -0.2) is 55.3 Å². The lowest BCUT2D eigenvalue weighted by Crippen LogP contribution is -2.38. The molecular weight excluding hydrogens is 518 g/mol. The fraction of sp³-hybridized carbons (Fsp3) is 0.281. The van der Waals surface area contributed by atoms with E-state index in [4.69, 9.17) is 24.2 Å². The Kier molecular flexibility index (Phi) is 6.32. The number of rotatable bonds is 7. The molecule has 0 unspecified atom stereocenters. The summed E-state index contributed by atoms with van der Waals surface area (Å²) >= 11 is 0. The largest absolute Gasteiger partial charge is 0.394 e. The highest BCUT2D eigenvalue weighted by molar-refractivity contribution is 5.84. The molecule has 9 nitrogen and oxygen atoms in total. The van der Waals surface area contributed by atoms with Gasteiger partial charge in [-0.15, -0.1) is 0 Å². The lowest BCUT2D eigenvalue weighted by Gasteiger charge is -2.37. The van der Waals surface area contributed by atoms with Crippen molar-refractivity contribution in [1.29, 1.82) is 0 Å². The van der Waals surface area contributed by atoms with E-state index < -0.39 is 35.9 Å². The van der Waals surface area contributed by atoms with Crippen molar-refractivity contribution in [3.8, 4) is 0 Å². The first-order chi connectivity index (χ1) is 20.0. The molecule has 4 atom stereocenters. The van der Waals surface area contributed by atoms with Crippen LogP contribution >= 0.6 is 0 Å². The Morgan fingerprint density at radius 1 is 0.805 bits per heavy atom. The van der Waals surface area contributed by atoms with E-state index in [1.165, 1.54) is 6.33 Å². The zero-order valence-electron chi connectivity index (χ0n) is 22.8. The first kappa shape index (κ1) is 25.8. The Bertz CT molecular complexity index is 1550. The number of nitrogens with one attached hydrogen (secondary N) is 1. The zero-order valence-corrected chi connectivity index (χ0v) is 22.8. The van der Waals surface area contributed by atoms with Gasteiger partial charge in [-0.05, 0) is 30.5 Å². The normalized spacial score (nSPS) is 23.5. The molecule has 0 bridgehead atoms. The maximum absolute atomic E-state index is 9.99. The average Bonchev–Trinajstić information content (AvgIpc) is 3.68. The molecule has 5 aromatic rings. The van der Waals surface area contributed by atoms with Crippen molar-refractivity contribution in [3.63, 3.8) is 0 Å². The molecule has 2 aliphatic heterocycles. The summed E-state index contributed by atoms with van der Waals surface area (Å²) in [6.45, 7) is 3.55. The molecule has 4 heterocycles. The molecule has 0 amide bonds. The lowest BCUT2D eigenvalue weighted by atomic mass is 9.77. The maximum Gasteiger partial charge on any atom is 0.167 e. The first-order valence-electron chi connectivity index (χ1n) is 13.7. The molecule has 2 N–H and O–H groups in total. The number of aliphatic hydroxyl groups excluding tert-OH is 1. The highest BCUT2D eigenvalue weighted by Gasteiger charge is 2.56. The number of anilines is 1. The van der Waals surface area contributed by atoms with Crippen molar-refractivity contribution in [2.45, 2.75) is 49.7 Å². The number of nitrogens with zero attached hydrogens (tertiary/aromatic N) is 4. The monoisotopic (exact) mass is 549 g/mol. The molecule has 0 aliphatic carbocycles. The summed E-state index contributed by atoms with van der Waals surface area (Å²) in [4.78, 5) is 14.1. The molecule has 41 heavy (non-hydrogen) atoms. The number of aliphatic hydroxyl groups is 1. The molecule has 0 saturated carbocycles. The minimum atomic E-state index is -0.788. The van der Waals surface area contributed by atoms with Crippen LogP contribution in [0.15, 0.2) is 104 Å². The van der Waals surface area contributed by atoms with Gasteiger partial charge in [-0.2, -0.15) is 0 Å². The molecule has 2 fully saturated rings. The summed E-state index contributed by atoms with van der Waals surface area (Å²) in [6.07, 6.45) is 1.29. The van der Waals surface area contributed by atoms with Crippen LogP contribution in [0, 0.1) is 0 Å². The van der Waals surface area contributed by atoms with Crippen LogP contribution < -0.4 is 5.32 Å². The van der Waals surface area contributed by atoms with Crippen LogP contribution in [0.3, 0.4) is 0 Å². The molecule has 208 valence electrons. The zero-order chi connectivity index (χ0) is 28.0. The van der Waals surface area contributed by atoms with Gasteiger partial charge in [0, 0.05) is 0 Å². The van der Waals surface area contributed by atoms with Gasteiger partial charge in [-0.3, -0.25) is 4.57 Å². The van der Waals surface area contributed by atoms with Crippen LogP contribution in [0.25, 0.3) is 11.2 Å². The molecule has 9 heteroatoms. The minimum Gasteiger partial charge on any atom is -0.394 e. The number of ether oxygens (including phenoxy) is 3. The van der Waals surface area contributed by atoms with Crippen molar-refractivity contribution >= 4 is 17.0 Å². The SMILES string of the molecule is CC1(C)O[C@@H]2[C@H](O1)[C@@H](CO)O[C@H]2n1cnc2c(NC(c3ccccc3)(c3ccccc3)c3ccccc3)ncnc21. The summed E-state index contributed by atoms with van der Waals surface area (Å²) in [5, 5.41) is 13.8. The van der Waals surface area contributed by atoms with Crippen molar-refractivity contribution < 1.29 is 19.3 Å². The van der Waals surface area contributed by atoms with Gasteiger partial charge in [0.15, 0.2) is 29.0 Å². The quantitative estimate of drug-likeness (QED) is 0.283. The Labute approximate surface area is 237 Å². The van der Waals surface area contributed by atoms with Gasteiger partial charge in [-0.25, -0.2) is 15.0 Å². The molecule has 3 aromatic carbocycles. The van der Waals surface area contributed by atoms with E-state index in [9.17, 15) is 5.11 Å². The van der Waals surface area contributed by atoms with Crippen LogP contribution in [0.1, 0.15) is 36.8 Å². The van der Waals surface area contributed by atoms with Crippen LogP contribution in [0.2, 0.25) is 0 Å². The van der Waals surface area contributed by atoms with Gasteiger partial charge < -0.3 is 24.6 Å². The highest BCUT2D eigenvalue weighted by atomic mass is 16.8. The van der Waals surface area contributed by atoms with Gasteiger partial charge in [0.1, 0.15) is 30.2 Å². The number of benzene rings is 3. The predicted molar refractivity (Wildman–Crippen MR) is 153 cm³/mol. The van der Waals surface area contributed by atoms with Gasteiger partial charge in [0.2, 0.25) is 0 Å². The Balaban J connectivity index is 1.37. The number of fused-ring (bicyclic) bond motifs is 2. The molecular formula is C32H31N5O4. The van der Waals surface area contributed by atoms with Gasteiger partial charge in [-0.1, -0.05) is 91.0 Å². The van der Waals surface area contributed by atoms with E-state index in [1.54, 1.807) is 6.33 Å². The standard InChI is InChI=1S/C32H31N5O4/c1-31(2)40-26-24(18-38)39-30(27(26)41-31)37-20-35-25-28(33-19-34-29(25)37)36-32(21-12-6-3-7-13-21,22-14-8-4-9-15-22)23-16-10-5-11-17-23/h3-17,19-20,24,26-27,30,38H,18H2,1-2H3,(H,33,34,36)/t24-,26-,27-,30-/m1/s1. The van der Waals surface area contributed by atoms with Crippen LogP contribution in [0.5, 0.6) is 0 Å². The molecule has 2 aliphatic rings. The minimum absolute atomic E-state index is 0.181. The summed E-state index contributed by atoms with van der Waals surface area (Å²) in [5.41, 5.74) is 3.55. The fourth-order valence-corrected chi connectivity index (χ4v) is 6.12. The fourth-order valence-electron chi connectivity index (χ4n) is 6.12. The Morgan fingerprint density at radius 3 is 1.93 bits per heavy atom. The first-order valence-corrected chi connectivity index (χ1v) is 13.7. The van der Waals surface area contributed by atoms with E-state index in [0.29, 0.717) is 17.0 Å². The van der Waals surface area contributed by atoms with Crippen LogP contribution in [0.4, 0.5) is 5.82 Å². The molecule has 0 spiro atoms. The highest BCUT2D eigenvalue weighted by Crippen LogP contribution is 2.44. The number of aromatic nitrogens is 4. The number of imidazole rings is 1. The lowest BCUT2D eigenvalue weighted by molar-refractivity contribution is -0.199. The van der Waals surface area contributed by atoms with Gasteiger partial charge in [0.25, 0.3) is 0 Å². The van der Waals surface area contributed by atoms with Crippen molar-refractivity contribution in [2.24, 2.45) is 0 Å². The number of hydrogen-bond acceptors (Lipinski definition) is 8. The Hall–Kier alpha value is -4.15. The second-order valence-electron chi connectivity index (χ2n) is 10.8. The van der Waals surface area contributed by atoms with E-state index in [1.807, 2.05) is 73.0 Å². The van der Waals surface area contributed by atoms with E-state index in [2.05, 4.69) is 46.7 Å². The Morgan fingerprint density at radius 2 is 1.37 bits per heavy atom. The summed E-state index contributed by atoms with van der Waals surface area (Å²) in [6, 6.07) is 31.0. The maximum atomic E-state index is 9.99. The summed E-state index contributed by atoms with van der Waals surface area (Å²) in [5.74, 6) is -0.216. The molecule has 0 radical (unpaired) electrons. The van der Waals surface area contributed by atoms with Crippen LogP contribution in [-0.2, 0) is 19.7 Å². The summed E-state index contributed by atoms with van der Waals surface area (Å²) in [7, 11) is 0. The number of hydrogen-bond donors (Lipinski definition) is 2. The second-order valence-corrected chi connectivity index (χ2v) is 10.8. The van der Waals surface area contributed by atoms with E-state index in [-0.39, 0.29) is 6.61 Å². The topological polar surface area (TPSA) is 104 Å². The molecule has 2 saturated heterocycles. The van der Waals surface area contributed by atoms with Crippen molar-refractivity contribution in [3.05, 3.63) is 120 Å². The third-order valence-electron chi connectivity index (χ3n) is 7.86. The molecule has 2 aromatic heterocycles. The van der Waals surface area contributed by atoms with E-state index >= 15 is 0 Å². The van der Waals surface area contributed by atoms with Gasteiger partial charge >= 0.3 is 0 Å². The smallest absolute Gasteiger partial charge is 0.167 e. The van der Waals surface area contributed by atoms with Gasteiger partial charge in [0.05, 0.1) is 12.9 Å².